The number of rotatable bonds is 4. The minimum Gasteiger partial charge on any atom is -0.457 e. The number of esters is 1. The second-order valence-corrected chi connectivity index (χ2v) is 9.82. The maximum Gasteiger partial charge on any atom is 0.319 e. The standard InChI is InChI=1S/C29H29NO3.BrH/c1-20(21-9-3-2-4-10-21)29(19-30-17-15-22(29)16-18-30)33-28(31)27-23-11-5-7-13-25(23)32-26-14-8-6-12-24(26)27;/h2-14,20,22,27H,15-19H2,1H3;1H/p+1/t20?,29-;/m0./s1. The van der Waals surface area contributed by atoms with Gasteiger partial charge in [-0.25, -0.2) is 0 Å². The Bertz CT molecular complexity index is 1130. The van der Waals surface area contributed by atoms with Gasteiger partial charge in [-0.3, -0.25) is 4.79 Å². The Morgan fingerprint density at radius 1 is 0.912 bits per heavy atom. The SMILES string of the molecule is Br.CC(c1ccccc1)[C@@]1(OC(=O)C2c3ccccc3Oc3ccccc32)C[NH+]2CCC1CC2. The number of quaternary nitrogens is 1. The molecule has 7 rings (SSSR count). The Morgan fingerprint density at radius 2 is 1.47 bits per heavy atom. The molecule has 0 aromatic heterocycles. The molecule has 34 heavy (non-hydrogen) atoms. The average Bonchev–Trinajstić information content (AvgIpc) is 2.87. The Morgan fingerprint density at radius 3 is 2.03 bits per heavy atom. The molecule has 2 bridgehead atoms. The van der Waals surface area contributed by atoms with Crippen molar-refractivity contribution in [1.29, 1.82) is 0 Å². The van der Waals surface area contributed by atoms with Crippen LogP contribution in [0.25, 0.3) is 0 Å². The molecular formula is C29H31BrNO3+. The van der Waals surface area contributed by atoms with Gasteiger partial charge in [0.05, 0.1) is 13.1 Å². The monoisotopic (exact) mass is 520 g/mol. The van der Waals surface area contributed by atoms with E-state index in [0.717, 1.165) is 42.0 Å². The van der Waals surface area contributed by atoms with E-state index in [2.05, 4.69) is 31.2 Å². The van der Waals surface area contributed by atoms with Crippen LogP contribution in [-0.2, 0) is 9.53 Å². The molecule has 4 aliphatic heterocycles. The summed E-state index contributed by atoms with van der Waals surface area (Å²) in [4.78, 5) is 15.7. The first-order chi connectivity index (χ1) is 16.2. The van der Waals surface area contributed by atoms with Gasteiger partial charge in [0.15, 0.2) is 5.60 Å². The highest BCUT2D eigenvalue weighted by atomic mass is 79.9. The van der Waals surface area contributed by atoms with E-state index in [1.165, 1.54) is 18.7 Å². The van der Waals surface area contributed by atoms with Crippen LogP contribution >= 0.6 is 17.0 Å². The van der Waals surface area contributed by atoms with Crippen LogP contribution < -0.4 is 9.64 Å². The van der Waals surface area contributed by atoms with Crippen molar-refractivity contribution in [2.75, 3.05) is 19.6 Å². The average molecular weight is 521 g/mol. The second kappa shape index (κ2) is 9.20. The summed E-state index contributed by atoms with van der Waals surface area (Å²) in [5.41, 5.74) is 2.52. The number of halogens is 1. The van der Waals surface area contributed by atoms with Crippen molar-refractivity contribution >= 4 is 23.0 Å². The topological polar surface area (TPSA) is 40.0 Å². The molecule has 0 aliphatic carbocycles. The number of piperidine rings is 3. The lowest BCUT2D eigenvalue weighted by Gasteiger charge is -2.52. The van der Waals surface area contributed by atoms with Crippen molar-refractivity contribution in [3.05, 3.63) is 95.6 Å². The number of hydrogen-bond donors (Lipinski definition) is 1. The van der Waals surface area contributed by atoms with Gasteiger partial charge in [-0.1, -0.05) is 73.7 Å². The first-order valence-corrected chi connectivity index (χ1v) is 12.1. The van der Waals surface area contributed by atoms with E-state index in [4.69, 9.17) is 9.47 Å². The first kappa shape index (κ1) is 23.1. The number of para-hydroxylation sites is 2. The van der Waals surface area contributed by atoms with Gasteiger partial charge >= 0.3 is 5.97 Å². The minimum absolute atomic E-state index is 0. The van der Waals surface area contributed by atoms with Crippen molar-refractivity contribution in [3.8, 4) is 11.5 Å². The quantitative estimate of drug-likeness (QED) is 0.497. The van der Waals surface area contributed by atoms with Gasteiger partial charge in [-0.15, -0.1) is 17.0 Å². The fourth-order valence-corrected chi connectivity index (χ4v) is 6.37. The lowest BCUT2D eigenvalue weighted by atomic mass is 9.67. The highest BCUT2D eigenvalue weighted by Crippen LogP contribution is 2.48. The van der Waals surface area contributed by atoms with Crippen LogP contribution in [0.2, 0.25) is 0 Å². The summed E-state index contributed by atoms with van der Waals surface area (Å²) in [5, 5.41) is 0. The fourth-order valence-electron chi connectivity index (χ4n) is 6.37. The predicted molar refractivity (Wildman–Crippen MR) is 137 cm³/mol. The van der Waals surface area contributed by atoms with Crippen LogP contribution in [0.4, 0.5) is 0 Å². The summed E-state index contributed by atoms with van der Waals surface area (Å²) in [6.45, 7) is 5.48. The van der Waals surface area contributed by atoms with Gasteiger partial charge in [0, 0.05) is 35.8 Å². The second-order valence-electron chi connectivity index (χ2n) is 9.82. The molecule has 3 aromatic rings. The lowest BCUT2D eigenvalue weighted by Crippen LogP contribution is -3.18. The Kier molecular flexibility index (Phi) is 6.26. The van der Waals surface area contributed by atoms with Crippen LogP contribution in [0.1, 0.15) is 48.3 Å². The number of nitrogens with one attached hydrogen (secondary N) is 1. The van der Waals surface area contributed by atoms with E-state index >= 15 is 0 Å². The molecule has 3 saturated heterocycles. The molecule has 0 spiro atoms. The van der Waals surface area contributed by atoms with E-state index in [1.54, 1.807) is 4.90 Å². The normalized spacial score (nSPS) is 25.8. The summed E-state index contributed by atoms with van der Waals surface area (Å²) in [6.07, 6.45) is 2.22. The molecule has 0 amide bonds. The number of fused-ring (bicyclic) bond motifs is 5. The number of benzene rings is 3. The third-order valence-corrected chi connectivity index (χ3v) is 8.15. The first-order valence-electron chi connectivity index (χ1n) is 12.1. The van der Waals surface area contributed by atoms with Crippen LogP contribution in [-0.4, -0.2) is 31.2 Å². The lowest BCUT2D eigenvalue weighted by molar-refractivity contribution is -0.925. The van der Waals surface area contributed by atoms with Crippen molar-refractivity contribution in [1.82, 2.24) is 0 Å². The third-order valence-electron chi connectivity index (χ3n) is 8.15. The van der Waals surface area contributed by atoms with E-state index in [9.17, 15) is 4.79 Å². The molecule has 4 heterocycles. The molecule has 1 N–H and O–H groups in total. The van der Waals surface area contributed by atoms with Crippen LogP contribution in [0, 0.1) is 5.92 Å². The zero-order valence-corrected chi connectivity index (χ0v) is 21.1. The predicted octanol–water partition coefficient (Wildman–Crippen LogP) is 4.90. The minimum atomic E-state index is -0.494. The van der Waals surface area contributed by atoms with Gasteiger partial charge in [-0.2, -0.15) is 0 Å². The number of ether oxygens (including phenoxy) is 2. The molecule has 3 fully saturated rings. The van der Waals surface area contributed by atoms with Crippen molar-refractivity contribution in [2.45, 2.75) is 37.2 Å². The van der Waals surface area contributed by atoms with Crippen LogP contribution in [0.3, 0.4) is 0 Å². The zero-order chi connectivity index (χ0) is 22.4. The largest absolute Gasteiger partial charge is 0.457 e. The summed E-state index contributed by atoms with van der Waals surface area (Å²) in [5.74, 6) is 1.37. The van der Waals surface area contributed by atoms with Crippen LogP contribution in [0.5, 0.6) is 11.5 Å². The van der Waals surface area contributed by atoms with E-state index in [1.807, 2.05) is 54.6 Å². The summed E-state index contributed by atoms with van der Waals surface area (Å²) >= 11 is 0. The molecule has 5 heteroatoms. The highest BCUT2D eigenvalue weighted by molar-refractivity contribution is 8.93. The summed E-state index contributed by atoms with van der Waals surface area (Å²) in [7, 11) is 0. The number of hydrogen-bond acceptors (Lipinski definition) is 3. The molecule has 176 valence electrons. The van der Waals surface area contributed by atoms with Crippen molar-refractivity contribution in [2.24, 2.45) is 5.92 Å². The van der Waals surface area contributed by atoms with Crippen LogP contribution in [0.15, 0.2) is 78.9 Å². The van der Waals surface area contributed by atoms with Gasteiger partial charge in [0.25, 0.3) is 0 Å². The molecule has 4 nitrogen and oxygen atoms in total. The maximum absolute atomic E-state index is 14.1. The van der Waals surface area contributed by atoms with Gasteiger partial charge in [0.1, 0.15) is 24.0 Å². The maximum atomic E-state index is 14.1. The Balaban J connectivity index is 0.00000241. The van der Waals surface area contributed by atoms with Crippen molar-refractivity contribution < 1.29 is 19.2 Å². The number of carbonyl (C=O) groups is 1. The van der Waals surface area contributed by atoms with Gasteiger partial charge in [-0.05, 0) is 17.7 Å². The van der Waals surface area contributed by atoms with Gasteiger partial charge in [0.2, 0.25) is 0 Å². The number of carbonyl (C=O) groups excluding carboxylic acids is 1. The molecule has 0 saturated carbocycles. The summed E-state index contributed by atoms with van der Waals surface area (Å²) in [6, 6.07) is 26.3. The van der Waals surface area contributed by atoms with E-state index in [-0.39, 0.29) is 28.9 Å². The van der Waals surface area contributed by atoms with Crippen molar-refractivity contribution in [3.63, 3.8) is 0 Å². The Hall–Kier alpha value is -2.63. The molecule has 2 atom stereocenters. The molecule has 3 aromatic carbocycles. The molecule has 1 unspecified atom stereocenters. The smallest absolute Gasteiger partial charge is 0.319 e. The zero-order valence-electron chi connectivity index (χ0n) is 19.4. The molecular weight excluding hydrogens is 490 g/mol. The van der Waals surface area contributed by atoms with E-state index < -0.39 is 11.5 Å². The Labute approximate surface area is 211 Å². The van der Waals surface area contributed by atoms with E-state index in [0.29, 0.717) is 5.92 Å². The summed E-state index contributed by atoms with van der Waals surface area (Å²) < 4.78 is 12.9. The molecule has 0 radical (unpaired) electrons. The third kappa shape index (κ3) is 3.75. The fraction of sp³-hybridized carbons (Fsp3) is 0.345. The highest BCUT2D eigenvalue weighted by Gasteiger charge is 2.57. The van der Waals surface area contributed by atoms with Gasteiger partial charge < -0.3 is 14.4 Å². The molecule has 4 aliphatic rings.